The molecule has 0 saturated carbocycles. The molecule has 0 amide bonds. The molecule has 0 aliphatic heterocycles. The lowest BCUT2D eigenvalue weighted by Gasteiger charge is -2.21. The SMILES string of the molecule is CCCOC(=O)c1ccc(N[C@@H](c2ccccn2)c2ccc3cccnc3c2O)cc1. The second-order valence-electron chi connectivity index (χ2n) is 7.12. The Labute approximate surface area is 180 Å². The van der Waals surface area contributed by atoms with E-state index in [2.05, 4.69) is 15.3 Å². The van der Waals surface area contributed by atoms with Gasteiger partial charge in [0.2, 0.25) is 0 Å². The summed E-state index contributed by atoms with van der Waals surface area (Å²) in [5.41, 5.74) is 3.22. The van der Waals surface area contributed by atoms with Crippen molar-refractivity contribution in [1.29, 1.82) is 0 Å². The maximum absolute atomic E-state index is 12.1. The Morgan fingerprint density at radius 1 is 1.00 bits per heavy atom. The maximum Gasteiger partial charge on any atom is 0.338 e. The average Bonchev–Trinajstić information content (AvgIpc) is 2.83. The van der Waals surface area contributed by atoms with Crippen molar-refractivity contribution in [1.82, 2.24) is 9.97 Å². The number of esters is 1. The Morgan fingerprint density at radius 2 is 1.81 bits per heavy atom. The van der Waals surface area contributed by atoms with E-state index in [1.54, 1.807) is 24.5 Å². The van der Waals surface area contributed by atoms with Crippen LogP contribution >= 0.6 is 0 Å². The molecule has 0 bridgehead atoms. The van der Waals surface area contributed by atoms with E-state index in [9.17, 15) is 9.90 Å². The van der Waals surface area contributed by atoms with Gasteiger partial charge in [-0.05, 0) is 48.9 Å². The monoisotopic (exact) mass is 413 g/mol. The molecular weight excluding hydrogens is 390 g/mol. The number of phenols is 1. The van der Waals surface area contributed by atoms with Gasteiger partial charge < -0.3 is 15.2 Å². The Balaban J connectivity index is 1.68. The molecule has 0 radical (unpaired) electrons. The van der Waals surface area contributed by atoms with E-state index in [1.807, 2.05) is 61.5 Å². The number of pyridine rings is 2. The minimum absolute atomic E-state index is 0.112. The van der Waals surface area contributed by atoms with Crippen LogP contribution in [-0.4, -0.2) is 27.7 Å². The number of carbonyl (C=O) groups excluding carboxylic acids is 1. The van der Waals surface area contributed by atoms with Crippen molar-refractivity contribution >= 4 is 22.6 Å². The highest BCUT2D eigenvalue weighted by Crippen LogP contribution is 2.35. The maximum atomic E-state index is 12.1. The van der Waals surface area contributed by atoms with E-state index in [0.717, 1.165) is 23.2 Å². The van der Waals surface area contributed by atoms with Crippen molar-refractivity contribution in [3.63, 3.8) is 0 Å². The molecule has 6 heteroatoms. The predicted octanol–water partition coefficient (Wildman–Crippen LogP) is 5.10. The smallest absolute Gasteiger partial charge is 0.338 e. The topological polar surface area (TPSA) is 84.3 Å². The normalized spacial score (nSPS) is 11.8. The number of fused-ring (bicyclic) bond motifs is 1. The molecule has 0 aliphatic carbocycles. The zero-order valence-corrected chi connectivity index (χ0v) is 17.2. The molecular formula is C25H23N3O3. The van der Waals surface area contributed by atoms with Crippen molar-refractivity contribution in [2.75, 3.05) is 11.9 Å². The number of carbonyl (C=O) groups is 1. The van der Waals surface area contributed by atoms with E-state index >= 15 is 0 Å². The highest BCUT2D eigenvalue weighted by molar-refractivity contribution is 5.90. The summed E-state index contributed by atoms with van der Waals surface area (Å²) < 4.78 is 5.18. The van der Waals surface area contributed by atoms with Crippen LogP contribution in [0.3, 0.4) is 0 Å². The number of hydrogen-bond acceptors (Lipinski definition) is 6. The standard InChI is InChI=1S/C25H23N3O3/c1-2-16-31-25(30)18-8-11-19(12-9-18)28-23(21-7-3-4-14-26-21)20-13-10-17-6-5-15-27-22(17)24(20)29/h3-15,23,28-29H,2,16H2,1H3/t23-/m1/s1. The van der Waals surface area contributed by atoms with Crippen LogP contribution in [-0.2, 0) is 4.74 Å². The van der Waals surface area contributed by atoms with Gasteiger partial charge in [-0.15, -0.1) is 0 Å². The molecule has 1 atom stereocenters. The molecule has 6 nitrogen and oxygen atoms in total. The van der Waals surface area contributed by atoms with E-state index in [0.29, 0.717) is 23.3 Å². The summed E-state index contributed by atoms with van der Waals surface area (Å²) in [5.74, 6) is -0.228. The summed E-state index contributed by atoms with van der Waals surface area (Å²) in [5, 5.41) is 15.3. The van der Waals surface area contributed by atoms with Crippen molar-refractivity contribution in [3.8, 4) is 5.75 Å². The van der Waals surface area contributed by atoms with Gasteiger partial charge in [0.1, 0.15) is 11.3 Å². The molecule has 0 unspecified atom stereocenters. The summed E-state index contributed by atoms with van der Waals surface area (Å²) >= 11 is 0. The van der Waals surface area contributed by atoms with E-state index in [1.165, 1.54) is 0 Å². The molecule has 2 N–H and O–H groups in total. The number of benzene rings is 2. The Hall–Kier alpha value is -3.93. The second kappa shape index (κ2) is 9.26. The molecule has 2 aromatic heterocycles. The van der Waals surface area contributed by atoms with Crippen LogP contribution in [0.1, 0.15) is 41.0 Å². The molecule has 0 saturated heterocycles. The first-order valence-electron chi connectivity index (χ1n) is 10.2. The van der Waals surface area contributed by atoms with E-state index < -0.39 is 6.04 Å². The van der Waals surface area contributed by atoms with Crippen LogP contribution in [0.25, 0.3) is 10.9 Å². The van der Waals surface area contributed by atoms with Crippen LogP contribution in [0.15, 0.2) is 79.1 Å². The number of anilines is 1. The third kappa shape index (κ3) is 4.48. The van der Waals surface area contributed by atoms with Gasteiger partial charge in [0.05, 0.1) is 23.9 Å². The number of hydrogen-bond donors (Lipinski definition) is 2. The lowest BCUT2D eigenvalue weighted by atomic mass is 9.99. The summed E-state index contributed by atoms with van der Waals surface area (Å²) in [6.45, 7) is 2.35. The lowest BCUT2D eigenvalue weighted by Crippen LogP contribution is -2.14. The van der Waals surface area contributed by atoms with Gasteiger partial charge in [-0.2, -0.15) is 0 Å². The van der Waals surface area contributed by atoms with Gasteiger partial charge in [0, 0.05) is 29.0 Å². The van der Waals surface area contributed by atoms with Gasteiger partial charge in [-0.3, -0.25) is 9.97 Å². The molecule has 0 aliphatic rings. The molecule has 31 heavy (non-hydrogen) atoms. The van der Waals surface area contributed by atoms with Gasteiger partial charge in [0.25, 0.3) is 0 Å². The Bertz CT molecular complexity index is 1180. The average molecular weight is 413 g/mol. The summed E-state index contributed by atoms with van der Waals surface area (Å²) in [7, 11) is 0. The number of nitrogens with one attached hydrogen (secondary N) is 1. The summed E-state index contributed by atoms with van der Waals surface area (Å²) in [6, 6.07) is 19.9. The molecule has 2 heterocycles. The zero-order chi connectivity index (χ0) is 21.6. The molecule has 0 spiro atoms. The van der Waals surface area contributed by atoms with Crippen molar-refractivity contribution in [2.24, 2.45) is 0 Å². The molecule has 4 rings (SSSR count). The van der Waals surface area contributed by atoms with Crippen LogP contribution in [0.5, 0.6) is 5.75 Å². The molecule has 0 fully saturated rings. The third-order valence-electron chi connectivity index (χ3n) is 4.94. The number of nitrogens with zero attached hydrogens (tertiary/aromatic N) is 2. The van der Waals surface area contributed by atoms with Crippen molar-refractivity contribution in [3.05, 3.63) is 95.9 Å². The largest absolute Gasteiger partial charge is 0.505 e. The van der Waals surface area contributed by atoms with Crippen molar-refractivity contribution < 1.29 is 14.6 Å². The first-order valence-corrected chi connectivity index (χ1v) is 10.2. The highest BCUT2D eigenvalue weighted by Gasteiger charge is 2.21. The summed E-state index contributed by atoms with van der Waals surface area (Å²) in [4.78, 5) is 20.9. The van der Waals surface area contributed by atoms with Crippen LogP contribution in [0, 0.1) is 0 Å². The fraction of sp³-hybridized carbons (Fsp3) is 0.160. The first-order chi connectivity index (χ1) is 15.2. The van der Waals surface area contributed by atoms with Gasteiger partial charge in [0.15, 0.2) is 0 Å². The minimum atomic E-state index is -0.412. The quantitative estimate of drug-likeness (QED) is 0.410. The van der Waals surface area contributed by atoms with Gasteiger partial charge in [-0.25, -0.2) is 4.79 Å². The second-order valence-corrected chi connectivity index (χ2v) is 7.12. The van der Waals surface area contributed by atoms with E-state index in [-0.39, 0.29) is 11.7 Å². The zero-order valence-electron chi connectivity index (χ0n) is 17.2. The predicted molar refractivity (Wildman–Crippen MR) is 120 cm³/mol. The Kier molecular flexibility index (Phi) is 6.08. The van der Waals surface area contributed by atoms with Crippen molar-refractivity contribution in [2.45, 2.75) is 19.4 Å². The number of aromatic hydroxyl groups is 1. The van der Waals surface area contributed by atoms with Crippen LogP contribution in [0.4, 0.5) is 5.69 Å². The minimum Gasteiger partial charge on any atom is -0.505 e. The Morgan fingerprint density at radius 3 is 2.55 bits per heavy atom. The van der Waals surface area contributed by atoms with E-state index in [4.69, 9.17) is 4.74 Å². The van der Waals surface area contributed by atoms with Crippen LogP contribution in [0.2, 0.25) is 0 Å². The third-order valence-corrected chi connectivity index (χ3v) is 4.94. The fourth-order valence-electron chi connectivity index (χ4n) is 3.38. The fourth-order valence-corrected chi connectivity index (χ4v) is 3.38. The van der Waals surface area contributed by atoms with Gasteiger partial charge >= 0.3 is 5.97 Å². The molecule has 2 aromatic carbocycles. The first kappa shape index (κ1) is 20.3. The summed E-state index contributed by atoms with van der Waals surface area (Å²) in [6.07, 6.45) is 4.15. The van der Waals surface area contributed by atoms with Crippen LogP contribution < -0.4 is 5.32 Å². The number of aromatic nitrogens is 2. The lowest BCUT2D eigenvalue weighted by molar-refractivity contribution is 0.0505. The number of rotatable bonds is 7. The molecule has 4 aromatic rings. The van der Waals surface area contributed by atoms with Gasteiger partial charge in [-0.1, -0.05) is 31.2 Å². The molecule has 156 valence electrons. The number of ether oxygens (including phenoxy) is 1. The number of phenolic OH excluding ortho intramolecular Hbond substituents is 1. The highest BCUT2D eigenvalue weighted by atomic mass is 16.5.